The molecule has 0 bridgehead atoms. The van der Waals surface area contributed by atoms with Crippen molar-refractivity contribution in [2.75, 3.05) is 44.3 Å². The molecule has 1 aromatic heterocycles. The number of hydrogen-bond acceptors (Lipinski definition) is 6. The van der Waals surface area contributed by atoms with Gasteiger partial charge in [-0.3, -0.25) is 4.79 Å². The van der Waals surface area contributed by atoms with Crippen LogP contribution in [0.4, 0.5) is 5.82 Å². The zero-order valence-corrected chi connectivity index (χ0v) is 16.9. The Bertz CT molecular complexity index is 821. The van der Waals surface area contributed by atoms with Crippen molar-refractivity contribution in [2.24, 2.45) is 0 Å². The van der Waals surface area contributed by atoms with Gasteiger partial charge in [-0.2, -0.15) is 5.10 Å². The number of nitrogens with zero attached hydrogens (tertiary/aromatic N) is 4. The Balaban J connectivity index is 1.37. The van der Waals surface area contributed by atoms with Crippen molar-refractivity contribution < 1.29 is 14.3 Å². The Morgan fingerprint density at radius 1 is 1.14 bits per heavy atom. The molecule has 2 fully saturated rings. The number of anilines is 1. The summed E-state index contributed by atoms with van der Waals surface area (Å²) in [5, 5.41) is 8.44. The largest absolute Gasteiger partial charge is 0.488 e. The molecule has 1 amide bonds. The van der Waals surface area contributed by atoms with Gasteiger partial charge >= 0.3 is 0 Å². The lowest BCUT2D eigenvalue weighted by Crippen LogP contribution is -2.36. The molecule has 0 saturated carbocycles. The fourth-order valence-electron chi connectivity index (χ4n) is 3.78. The van der Waals surface area contributed by atoms with Crippen LogP contribution in [0, 0.1) is 6.92 Å². The van der Waals surface area contributed by atoms with Crippen molar-refractivity contribution >= 4 is 11.7 Å². The summed E-state index contributed by atoms with van der Waals surface area (Å²) in [4.78, 5) is 17.2. The van der Waals surface area contributed by atoms with Gasteiger partial charge in [0.15, 0.2) is 5.82 Å². The van der Waals surface area contributed by atoms with E-state index in [-0.39, 0.29) is 12.0 Å². The van der Waals surface area contributed by atoms with Gasteiger partial charge in [0.1, 0.15) is 11.9 Å². The molecular weight excluding hydrogens is 368 g/mol. The Labute approximate surface area is 171 Å². The number of aromatic nitrogens is 2. The molecule has 1 atom stereocenters. The van der Waals surface area contributed by atoms with Crippen molar-refractivity contribution in [1.29, 1.82) is 0 Å². The van der Waals surface area contributed by atoms with E-state index in [1.165, 1.54) is 0 Å². The molecule has 0 N–H and O–H groups in total. The Morgan fingerprint density at radius 2 is 2.03 bits per heavy atom. The van der Waals surface area contributed by atoms with Gasteiger partial charge in [0.2, 0.25) is 5.91 Å². The lowest BCUT2D eigenvalue weighted by molar-refractivity contribution is -0.130. The summed E-state index contributed by atoms with van der Waals surface area (Å²) in [7, 11) is 0. The number of para-hydroxylation sites is 1. The molecule has 2 saturated heterocycles. The number of rotatable bonds is 5. The van der Waals surface area contributed by atoms with Gasteiger partial charge in [0, 0.05) is 38.2 Å². The number of carbonyl (C=O) groups excluding carboxylic acids is 1. The summed E-state index contributed by atoms with van der Waals surface area (Å²) in [6, 6.07) is 11.8. The summed E-state index contributed by atoms with van der Waals surface area (Å²) < 4.78 is 11.5. The third-order valence-electron chi connectivity index (χ3n) is 5.45. The second-order valence-corrected chi connectivity index (χ2v) is 7.64. The van der Waals surface area contributed by atoms with Crippen LogP contribution in [0.1, 0.15) is 24.1 Å². The summed E-state index contributed by atoms with van der Waals surface area (Å²) in [6.45, 7) is 6.38. The molecule has 0 aliphatic carbocycles. The number of amides is 1. The van der Waals surface area contributed by atoms with E-state index in [0.717, 1.165) is 61.9 Å². The second-order valence-electron chi connectivity index (χ2n) is 7.64. The van der Waals surface area contributed by atoms with Crippen molar-refractivity contribution in [2.45, 2.75) is 32.3 Å². The quantitative estimate of drug-likeness (QED) is 0.772. The zero-order valence-electron chi connectivity index (χ0n) is 16.9. The van der Waals surface area contributed by atoms with E-state index in [1.54, 1.807) is 0 Å². The van der Waals surface area contributed by atoms with Crippen LogP contribution in [-0.2, 0) is 16.0 Å². The molecule has 7 heteroatoms. The predicted molar refractivity (Wildman–Crippen MR) is 110 cm³/mol. The van der Waals surface area contributed by atoms with Crippen LogP contribution in [0.15, 0.2) is 36.4 Å². The average molecular weight is 396 g/mol. The molecule has 1 unspecified atom stereocenters. The molecule has 3 heterocycles. The first-order valence-electron chi connectivity index (χ1n) is 10.3. The van der Waals surface area contributed by atoms with E-state index in [4.69, 9.17) is 9.47 Å². The molecule has 2 aliphatic rings. The van der Waals surface area contributed by atoms with E-state index in [1.807, 2.05) is 48.2 Å². The van der Waals surface area contributed by atoms with Crippen LogP contribution < -0.4 is 9.64 Å². The SMILES string of the molecule is Cc1ccc(N2CCCN(C(=O)Cc3ccccc3OC3CCOC3)CC2)nn1. The fraction of sp³-hybridized carbons (Fsp3) is 0.500. The lowest BCUT2D eigenvalue weighted by Gasteiger charge is -2.23. The number of benzene rings is 1. The molecule has 0 radical (unpaired) electrons. The van der Waals surface area contributed by atoms with Crippen LogP contribution in [0.25, 0.3) is 0 Å². The van der Waals surface area contributed by atoms with Crippen molar-refractivity contribution in [3.63, 3.8) is 0 Å². The number of carbonyl (C=O) groups is 1. The Hall–Kier alpha value is -2.67. The van der Waals surface area contributed by atoms with E-state index >= 15 is 0 Å². The van der Waals surface area contributed by atoms with Gasteiger partial charge in [0.05, 0.1) is 25.3 Å². The summed E-state index contributed by atoms with van der Waals surface area (Å²) >= 11 is 0. The summed E-state index contributed by atoms with van der Waals surface area (Å²) in [5.74, 6) is 1.81. The maximum Gasteiger partial charge on any atom is 0.227 e. The maximum absolute atomic E-state index is 13.0. The monoisotopic (exact) mass is 396 g/mol. The number of hydrogen-bond donors (Lipinski definition) is 0. The third kappa shape index (κ3) is 5.03. The van der Waals surface area contributed by atoms with Crippen LogP contribution >= 0.6 is 0 Å². The predicted octanol–water partition coefficient (Wildman–Crippen LogP) is 2.23. The molecule has 0 spiro atoms. The molecule has 2 aliphatic heterocycles. The van der Waals surface area contributed by atoms with Gasteiger partial charge in [-0.15, -0.1) is 5.10 Å². The van der Waals surface area contributed by atoms with Gasteiger partial charge in [-0.1, -0.05) is 18.2 Å². The van der Waals surface area contributed by atoms with Crippen molar-refractivity contribution in [3.8, 4) is 5.75 Å². The molecule has 1 aromatic carbocycles. The van der Waals surface area contributed by atoms with Crippen LogP contribution in [0.5, 0.6) is 5.75 Å². The molecule has 29 heavy (non-hydrogen) atoms. The maximum atomic E-state index is 13.0. The third-order valence-corrected chi connectivity index (χ3v) is 5.45. The molecule has 154 valence electrons. The molecule has 7 nitrogen and oxygen atoms in total. The van der Waals surface area contributed by atoms with Crippen LogP contribution in [-0.4, -0.2) is 66.5 Å². The van der Waals surface area contributed by atoms with Crippen LogP contribution in [0.2, 0.25) is 0 Å². The standard InChI is InChI=1S/C22H28N4O3/c1-17-7-8-21(24-23-17)25-10-4-11-26(13-12-25)22(27)15-18-5-2-3-6-20(18)29-19-9-14-28-16-19/h2-3,5-8,19H,4,9-16H2,1H3. The van der Waals surface area contributed by atoms with Gasteiger partial charge < -0.3 is 19.3 Å². The Kier molecular flexibility index (Phi) is 6.24. The van der Waals surface area contributed by atoms with Gasteiger partial charge in [-0.05, 0) is 31.5 Å². The van der Waals surface area contributed by atoms with E-state index in [9.17, 15) is 4.79 Å². The van der Waals surface area contributed by atoms with Crippen LogP contribution in [0.3, 0.4) is 0 Å². The second kappa shape index (κ2) is 9.22. The van der Waals surface area contributed by atoms with E-state index in [0.29, 0.717) is 19.6 Å². The minimum atomic E-state index is 0.0774. The minimum Gasteiger partial charge on any atom is -0.488 e. The first-order valence-corrected chi connectivity index (χ1v) is 10.3. The normalized spacial score (nSPS) is 19.8. The highest BCUT2D eigenvalue weighted by Crippen LogP contribution is 2.23. The van der Waals surface area contributed by atoms with Gasteiger partial charge in [-0.25, -0.2) is 0 Å². The van der Waals surface area contributed by atoms with E-state index in [2.05, 4.69) is 15.1 Å². The number of ether oxygens (including phenoxy) is 2. The van der Waals surface area contributed by atoms with Crippen molar-refractivity contribution in [3.05, 3.63) is 47.7 Å². The topological polar surface area (TPSA) is 67.8 Å². The highest BCUT2D eigenvalue weighted by molar-refractivity contribution is 5.79. The molecule has 4 rings (SSSR count). The summed E-state index contributed by atoms with van der Waals surface area (Å²) in [6.07, 6.45) is 2.24. The number of aryl methyl sites for hydroxylation is 1. The summed E-state index contributed by atoms with van der Waals surface area (Å²) in [5.41, 5.74) is 1.85. The average Bonchev–Trinajstić information content (AvgIpc) is 3.11. The van der Waals surface area contributed by atoms with Gasteiger partial charge in [0.25, 0.3) is 0 Å². The highest BCUT2D eigenvalue weighted by Gasteiger charge is 2.23. The minimum absolute atomic E-state index is 0.0774. The zero-order chi connectivity index (χ0) is 20.1. The molecular formula is C22H28N4O3. The van der Waals surface area contributed by atoms with Crippen molar-refractivity contribution in [1.82, 2.24) is 15.1 Å². The molecule has 2 aromatic rings. The lowest BCUT2D eigenvalue weighted by atomic mass is 10.1. The smallest absolute Gasteiger partial charge is 0.227 e. The van der Waals surface area contributed by atoms with E-state index < -0.39 is 0 Å². The fourth-order valence-corrected chi connectivity index (χ4v) is 3.78. The highest BCUT2D eigenvalue weighted by atomic mass is 16.5. The first kappa shape index (κ1) is 19.6. The Morgan fingerprint density at radius 3 is 2.83 bits per heavy atom. The first-order chi connectivity index (χ1) is 14.2.